The summed E-state index contributed by atoms with van der Waals surface area (Å²) < 4.78 is 51.8. The predicted molar refractivity (Wildman–Crippen MR) is 116 cm³/mol. The van der Waals surface area contributed by atoms with Gasteiger partial charge in [0.05, 0.1) is 19.4 Å². The summed E-state index contributed by atoms with van der Waals surface area (Å²) in [4.78, 5) is 8.42. The Hall–Kier alpha value is -3.24. The summed E-state index contributed by atoms with van der Waals surface area (Å²) in [6.45, 7) is 0.487. The highest BCUT2D eigenvalue weighted by Gasteiger charge is 2.15. The fourth-order valence-corrected chi connectivity index (χ4v) is 3.78. The number of nitrogens with one attached hydrogen (secondary N) is 1. The molecule has 1 unspecified atom stereocenters. The number of hydrogen-bond acceptors (Lipinski definition) is 6. The molecule has 0 saturated heterocycles. The van der Waals surface area contributed by atoms with Crippen molar-refractivity contribution < 1.29 is 22.5 Å². The Morgan fingerprint density at radius 2 is 1.90 bits per heavy atom. The Morgan fingerprint density at radius 1 is 1.10 bits per heavy atom. The molecule has 0 amide bonds. The van der Waals surface area contributed by atoms with Crippen molar-refractivity contribution in [3.63, 3.8) is 0 Å². The van der Waals surface area contributed by atoms with Crippen molar-refractivity contribution in [2.45, 2.75) is 6.42 Å². The molecule has 3 heterocycles. The molecule has 1 aliphatic rings. The lowest BCUT2D eigenvalue weighted by atomic mass is 10.0. The molecule has 7 nitrogen and oxygen atoms in total. The largest absolute Gasteiger partial charge is 0.493 e. The van der Waals surface area contributed by atoms with E-state index in [1.165, 1.54) is 35.9 Å². The summed E-state index contributed by atoms with van der Waals surface area (Å²) in [5, 5.41) is 10.1. The topological polar surface area (TPSA) is 99.4 Å². The van der Waals surface area contributed by atoms with Crippen LogP contribution in [0.5, 0.6) is 11.6 Å². The summed E-state index contributed by atoms with van der Waals surface area (Å²) >= 11 is 0. The molecule has 31 heavy (non-hydrogen) atoms. The van der Waals surface area contributed by atoms with Crippen LogP contribution in [0.15, 0.2) is 42.6 Å². The van der Waals surface area contributed by atoms with E-state index in [1.807, 2.05) is 0 Å². The van der Waals surface area contributed by atoms with Gasteiger partial charge in [-0.1, -0.05) is 0 Å². The molecule has 0 fully saturated rings. The first-order valence-corrected chi connectivity index (χ1v) is 11.5. The van der Waals surface area contributed by atoms with Crippen LogP contribution in [0.1, 0.15) is 12.0 Å². The van der Waals surface area contributed by atoms with Crippen LogP contribution < -0.4 is 19.9 Å². The lowest BCUT2D eigenvalue weighted by Gasteiger charge is -2.15. The molecule has 1 atom stereocenters. The zero-order valence-electron chi connectivity index (χ0n) is 16.6. The molecule has 162 valence electrons. The smallest absolute Gasteiger partial charge is 0.215 e. The monoisotopic (exact) mass is 446 g/mol. The maximum Gasteiger partial charge on any atom is 0.215 e. The number of aromatic nitrogens is 2. The van der Waals surface area contributed by atoms with Gasteiger partial charge in [-0.3, -0.25) is 9.35 Å². The molecule has 2 aromatic heterocycles. The van der Waals surface area contributed by atoms with Crippen LogP contribution >= 0.6 is 0 Å². The molecule has 0 spiro atoms. The molecule has 1 aliphatic heterocycles. The lowest BCUT2D eigenvalue weighted by molar-refractivity contribution is 0.242. The maximum absolute atomic E-state index is 14.6. The number of anilines is 2. The molecule has 3 N–H and O–H groups in total. The van der Waals surface area contributed by atoms with Crippen molar-refractivity contribution in [3.8, 4) is 22.8 Å². The van der Waals surface area contributed by atoms with E-state index in [0.717, 1.165) is 6.20 Å². The number of pyridine rings is 2. The van der Waals surface area contributed by atoms with Crippen LogP contribution in [0, 0.1) is 11.6 Å². The third-order valence-corrected chi connectivity index (χ3v) is 5.08. The molecule has 4 rings (SSSR count). The minimum atomic E-state index is -2.65. The van der Waals surface area contributed by atoms with Crippen molar-refractivity contribution in [3.05, 3.63) is 59.8 Å². The number of rotatable bonds is 1. The van der Waals surface area contributed by atoms with Crippen molar-refractivity contribution in [2.75, 3.05) is 24.8 Å². The van der Waals surface area contributed by atoms with Gasteiger partial charge in [0.25, 0.3) is 0 Å². The third kappa shape index (κ3) is 5.28. The number of benzene rings is 1. The number of nitrogens with zero attached hydrogens (tertiary/aromatic N) is 2. The van der Waals surface area contributed by atoms with Gasteiger partial charge in [-0.25, -0.2) is 13.8 Å². The summed E-state index contributed by atoms with van der Waals surface area (Å²) in [6.07, 6.45) is 2.95. The van der Waals surface area contributed by atoms with Crippen LogP contribution in [0.2, 0.25) is 0 Å². The van der Waals surface area contributed by atoms with Gasteiger partial charge in [-0.15, -0.1) is 0 Å². The summed E-state index contributed by atoms with van der Waals surface area (Å²) in [5.41, 5.74) is 1.14. The number of ether oxygens (including phenoxy) is 2. The maximum atomic E-state index is 14.6. The highest BCUT2D eigenvalue weighted by atomic mass is 32.2. The van der Waals surface area contributed by atoms with Crippen LogP contribution in [0.4, 0.5) is 20.4 Å². The predicted octanol–water partition coefficient (Wildman–Crippen LogP) is 3.26. The van der Waals surface area contributed by atoms with Gasteiger partial charge in [0, 0.05) is 51.0 Å². The molecule has 3 aromatic rings. The van der Waals surface area contributed by atoms with Gasteiger partial charge in [-0.2, -0.15) is 4.98 Å². The quantitative estimate of drug-likeness (QED) is 0.557. The van der Waals surface area contributed by atoms with Gasteiger partial charge < -0.3 is 14.8 Å². The van der Waals surface area contributed by atoms with Crippen molar-refractivity contribution in [1.29, 1.82) is 0 Å². The van der Waals surface area contributed by atoms with E-state index < -0.39 is 21.3 Å². The number of fused-ring (bicyclic) bond motifs is 6. The molecular weight excluding hydrogens is 426 g/mol. The Balaban J connectivity index is 1.83. The van der Waals surface area contributed by atoms with Gasteiger partial charge in [0.1, 0.15) is 29.0 Å². The summed E-state index contributed by atoms with van der Waals surface area (Å²) in [6, 6.07) is 8.64. The highest BCUT2D eigenvalue weighted by Crippen LogP contribution is 2.34. The Kier molecular flexibility index (Phi) is 5.75. The summed E-state index contributed by atoms with van der Waals surface area (Å²) in [7, 11) is -2.65. The lowest BCUT2D eigenvalue weighted by Crippen LogP contribution is -2.13. The first kappa shape index (κ1) is 21.0. The molecule has 1 aromatic carbocycles. The van der Waals surface area contributed by atoms with Crippen molar-refractivity contribution in [2.24, 2.45) is 5.14 Å². The normalized spacial score (nSPS) is 15.2. The fraction of sp³-hybridized carbons (Fsp3) is 0.190. The van der Waals surface area contributed by atoms with Crippen LogP contribution in [-0.2, 0) is 9.71 Å². The second-order valence-electron chi connectivity index (χ2n) is 7.07. The van der Waals surface area contributed by atoms with Crippen molar-refractivity contribution >= 4 is 26.7 Å². The number of nitrogens with two attached hydrogens (primary N) is 1. The van der Waals surface area contributed by atoms with Crippen molar-refractivity contribution in [1.82, 2.24) is 9.97 Å². The first-order valence-electron chi connectivity index (χ1n) is 9.39. The highest BCUT2D eigenvalue weighted by molar-refractivity contribution is 7.98. The molecule has 4 bridgehead atoms. The number of hydrogen-bond donors (Lipinski definition) is 2. The molecular formula is C21H20F2N4O3S. The SMILES string of the molecule is CS(N)(=O)=Cc1cc2nc(c1)OCCCOc1cc(F)ccc1-c1cc(ncc1F)N2. The van der Waals surface area contributed by atoms with Gasteiger partial charge in [-0.05, 0) is 29.8 Å². The van der Waals surface area contributed by atoms with Crippen LogP contribution in [0.25, 0.3) is 11.1 Å². The molecule has 0 aliphatic carbocycles. The Labute approximate surface area is 178 Å². The zero-order chi connectivity index (χ0) is 22.0. The Morgan fingerprint density at radius 3 is 2.71 bits per heavy atom. The van der Waals surface area contributed by atoms with Crippen LogP contribution in [0.3, 0.4) is 0 Å². The van der Waals surface area contributed by atoms with E-state index >= 15 is 0 Å². The fourth-order valence-electron chi connectivity index (χ4n) is 3.10. The van der Waals surface area contributed by atoms with Gasteiger partial charge in [0.2, 0.25) is 5.88 Å². The van der Waals surface area contributed by atoms with Crippen LogP contribution in [-0.4, -0.2) is 39.0 Å². The van der Waals surface area contributed by atoms with Gasteiger partial charge in [0.15, 0.2) is 0 Å². The second-order valence-corrected chi connectivity index (χ2v) is 9.24. The van der Waals surface area contributed by atoms with E-state index in [-0.39, 0.29) is 30.4 Å². The van der Waals surface area contributed by atoms with E-state index in [1.54, 1.807) is 12.1 Å². The van der Waals surface area contributed by atoms with Gasteiger partial charge >= 0.3 is 0 Å². The first-order chi connectivity index (χ1) is 14.8. The minimum Gasteiger partial charge on any atom is -0.493 e. The third-order valence-electron chi connectivity index (χ3n) is 4.34. The number of halogens is 2. The molecule has 0 radical (unpaired) electrons. The standard InChI is InChI=1S/C21H20F2N4O3S/c1-31(24,28)12-13-7-20-26-19-10-16(17(23)11-25-19)15-4-3-14(22)9-18(15)29-5-2-6-30-21(8-13)27-20/h3-4,7-12H,2,5-6H2,1H3,(H2,24,28)(H,25,26,27). The van der Waals surface area contributed by atoms with E-state index in [0.29, 0.717) is 29.2 Å². The van der Waals surface area contributed by atoms with E-state index in [4.69, 9.17) is 14.6 Å². The van der Waals surface area contributed by atoms with E-state index in [9.17, 15) is 13.0 Å². The molecule has 0 saturated carbocycles. The summed E-state index contributed by atoms with van der Waals surface area (Å²) in [5.74, 6) is 0.0868. The second kappa shape index (κ2) is 8.48. The van der Waals surface area contributed by atoms with E-state index in [2.05, 4.69) is 15.3 Å². The average Bonchev–Trinajstić information content (AvgIpc) is 2.67. The Bertz CT molecular complexity index is 1250. The zero-order valence-corrected chi connectivity index (χ0v) is 17.4. The minimum absolute atomic E-state index is 0.197. The molecule has 10 heteroatoms. The average molecular weight is 446 g/mol.